The van der Waals surface area contributed by atoms with Gasteiger partial charge in [-0.25, -0.2) is 22.5 Å². The van der Waals surface area contributed by atoms with Crippen molar-refractivity contribution in [3.05, 3.63) is 103 Å². The number of nitrogens with zero attached hydrogens (tertiary/aromatic N) is 5. The van der Waals surface area contributed by atoms with Gasteiger partial charge < -0.3 is 10.1 Å². The van der Waals surface area contributed by atoms with E-state index < -0.39 is 15.8 Å². The Morgan fingerprint density at radius 3 is 2.43 bits per heavy atom. The number of nitrogens with two attached hydrogens (primary N) is 1. The second kappa shape index (κ2) is 11.4. The Balaban J connectivity index is 1.28. The van der Waals surface area contributed by atoms with Crippen LogP contribution in [0.3, 0.4) is 0 Å². The Morgan fingerprint density at radius 1 is 0.976 bits per heavy atom. The first-order chi connectivity index (χ1) is 20.3. The number of fused-ring (bicyclic) bond motifs is 1. The summed E-state index contributed by atoms with van der Waals surface area (Å²) in [5.41, 5.74) is 13.3. The fourth-order valence-electron chi connectivity index (χ4n) is 5.41. The van der Waals surface area contributed by atoms with E-state index >= 15 is 0 Å². The van der Waals surface area contributed by atoms with E-state index in [0.717, 1.165) is 71.2 Å². The topological polar surface area (TPSA) is 119 Å². The molecular formula is C31H30FN7O2S. The van der Waals surface area contributed by atoms with E-state index in [-0.39, 0.29) is 6.04 Å². The molecule has 0 amide bonds. The number of sulfonamides is 1. The predicted molar refractivity (Wildman–Crippen MR) is 162 cm³/mol. The predicted octanol–water partition coefficient (Wildman–Crippen LogP) is 4.87. The molecule has 0 saturated carbocycles. The number of likely N-dealkylation sites (tertiary alicyclic amines) is 1. The molecule has 0 spiro atoms. The van der Waals surface area contributed by atoms with Gasteiger partial charge in [0.2, 0.25) is 10.0 Å². The summed E-state index contributed by atoms with van der Waals surface area (Å²) >= 11 is 0. The Bertz CT molecular complexity index is 1850. The van der Waals surface area contributed by atoms with Crippen molar-refractivity contribution in [1.29, 1.82) is 0 Å². The first-order valence-corrected chi connectivity index (χ1v) is 15.1. The molecule has 0 aliphatic carbocycles. The van der Waals surface area contributed by atoms with Gasteiger partial charge in [0, 0.05) is 66.4 Å². The van der Waals surface area contributed by atoms with Gasteiger partial charge in [-0.15, -0.1) is 0 Å². The molecular weight excluding hydrogens is 553 g/mol. The van der Waals surface area contributed by atoms with Gasteiger partial charge in [-0.3, -0.25) is 14.9 Å². The van der Waals surface area contributed by atoms with Gasteiger partial charge in [0.15, 0.2) is 0 Å². The van der Waals surface area contributed by atoms with E-state index in [1.165, 1.54) is 12.3 Å². The molecule has 5 heterocycles. The molecule has 0 unspecified atom stereocenters. The third kappa shape index (κ3) is 5.80. The van der Waals surface area contributed by atoms with Gasteiger partial charge in [-0.05, 0) is 48.2 Å². The van der Waals surface area contributed by atoms with Crippen molar-refractivity contribution in [2.45, 2.75) is 25.4 Å². The zero-order valence-corrected chi connectivity index (χ0v) is 23.6. The maximum Gasteiger partial charge on any atom is 0.233 e. The summed E-state index contributed by atoms with van der Waals surface area (Å²) in [7, 11) is -3.42. The van der Waals surface area contributed by atoms with Crippen LogP contribution >= 0.6 is 0 Å². The lowest BCUT2D eigenvalue weighted by Crippen LogP contribution is -2.43. The molecule has 9 nitrogen and oxygen atoms in total. The van der Waals surface area contributed by atoms with Crippen LogP contribution in [-0.4, -0.2) is 51.8 Å². The van der Waals surface area contributed by atoms with Crippen molar-refractivity contribution in [3.8, 4) is 33.6 Å². The van der Waals surface area contributed by atoms with E-state index in [1.54, 1.807) is 18.5 Å². The van der Waals surface area contributed by atoms with E-state index in [2.05, 4.69) is 55.4 Å². The van der Waals surface area contributed by atoms with Crippen molar-refractivity contribution >= 4 is 21.4 Å². The normalized spacial score (nSPS) is 14.8. The molecule has 11 heteroatoms. The van der Waals surface area contributed by atoms with E-state index in [4.69, 9.17) is 5.73 Å². The van der Waals surface area contributed by atoms with Crippen LogP contribution in [0.15, 0.2) is 91.5 Å². The van der Waals surface area contributed by atoms with Crippen LogP contribution in [0.4, 0.5) is 10.2 Å². The quantitative estimate of drug-likeness (QED) is 0.267. The molecule has 42 heavy (non-hydrogen) atoms. The minimum absolute atomic E-state index is 0.0685. The van der Waals surface area contributed by atoms with Crippen LogP contribution in [0.5, 0.6) is 0 Å². The lowest BCUT2D eigenvalue weighted by atomic mass is 9.97. The molecule has 1 saturated heterocycles. The number of hydrogen-bond donors (Lipinski definition) is 2. The third-order valence-corrected chi connectivity index (χ3v) is 8.67. The molecule has 6 rings (SSSR count). The molecule has 0 bridgehead atoms. The maximum absolute atomic E-state index is 13.4. The van der Waals surface area contributed by atoms with Crippen molar-refractivity contribution < 1.29 is 12.8 Å². The maximum atomic E-state index is 13.4. The Kier molecular flexibility index (Phi) is 7.55. The van der Waals surface area contributed by atoms with Crippen molar-refractivity contribution in [3.63, 3.8) is 0 Å². The third-order valence-electron chi connectivity index (χ3n) is 7.56. The van der Waals surface area contributed by atoms with Crippen LogP contribution in [-0.2, 0) is 16.6 Å². The van der Waals surface area contributed by atoms with Crippen LogP contribution < -0.4 is 10.5 Å². The molecule has 0 radical (unpaired) electrons. The Labute approximate surface area is 243 Å². The minimum Gasteiger partial charge on any atom is -0.383 e. The van der Waals surface area contributed by atoms with Gasteiger partial charge in [0.05, 0.1) is 23.6 Å². The molecule has 5 aromatic rings. The van der Waals surface area contributed by atoms with Gasteiger partial charge in [0.25, 0.3) is 0 Å². The summed E-state index contributed by atoms with van der Waals surface area (Å²) < 4.78 is 41.7. The number of rotatable bonds is 8. The zero-order chi connectivity index (χ0) is 29.3. The number of pyridine rings is 2. The van der Waals surface area contributed by atoms with Crippen molar-refractivity contribution in [2.75, 3.05) is 18.8 Å². The number of aromatic nitrogens is 4. The number of benzene rings is 1. The number of nitrogens with one attached hydrogen (secondary N) is 1. The van der Waals surface area contributed by atoms with Crippen LogP contribution in [0.25, 0.3) is 39.2 Å². The highest BCUT2D eigenvalue weighted by atomic mass is 32.2. The smallest absolute Gasteiger partial charge is 0.233 e. The summed E-state index contributed by atoms with van der Waals surface area (Å²) in [4.78, 5) is 15.5. The fraction of sp³-hybridized carbons (Fsp3) is 0.194. The average molecular weight is 584 g/mol. The highest BCUT2D eigenvalue weighted by molar-refractivity contribution is 7.92. The van der Waals surface area contributed by atoms with Gasteiger partial charge in [-0.2, -0.15) is 0 Å². The summed E-state index contributed by atoms with van der Waals surface area (Å²) in [5.74, 6) is 0.0276. The number of halogens is 1. The lowest BCUT2D eigenvalue weighted by Gasteiger charge is -2.32. The second-order valence-corrected chi connectivity index (χ2v) is 12.0. The molecule has 1 aromatic carbocycles. The van der Waals surface area contributed by atoms with Gasteiger partial charge >= 0.3 is 0 Å². The second-order valence-electron chi connectivity index (χ2n) is 10.4. The SMILES string of the molecule is C=CS(=O)(=O)NC1CCN(Cc2ccc(-c3c(-c4cccnc4N)cn4cc(-c5ccc(F)cn5)ncc34)cc2)CC1. The number of anilines is 1. The Hall–Kier alpha value is -4.45. The summed E-state index contributed by atoms with van der Waals surface area (Å²) in [5, 5.41) is 0.959. The highest BCUT2D eigenvalue weighted by Crippen LogP contribution is 2.39. The molecule has 4 aromatic heterocycles. The molecule has 1 fully saturated rings. The summed E-state index contributed by atoms with van der Waals surface area (Å²) in [6, 6.07) is 15.1. The standard InChI is InChI=1S/C31H30FN7O2S/c1-2-42(40,41)37-24-11-14-38(15-12-24)18-21-5-7-22(8-6-21)30-26(25-4-3-13-34-31(25)33)19-39-20-28(36-17-29(30)39)27-10-9-23(32)16-35-27/h2-10,13,16-17,19-20,24,37H,1,11-12,14-15,18H2,(H2,33,34). The van der Waals surface area contributed by atoms with E-state index in [1.807, 2.05) is 28.9 Å². The molecule has 1 aliphatic rings. The molecule has 3 N–H and O–H groups in total. The first kappa shape index (κ1) is 27.7. The molecule has 1 aliphatic heterocycles. The number of hydrogen-bond acceptors (Lipinski definition) is 7. The van der Waals surface area contributed by atoms with Crippen LogP contribution in [0, 0.1) is 5.82 Å². The first-order valence-electron chi connectivity index (χ1n) is 13.6. The van der Waals surface area contributed by atoms with Crippen molar-refractivity contribution in [1.82, 2.24) is 29.0 Å². The number of nitrogen functional groups attached to an aromatic ring is 1. The average Bonchev–Trinajstić information content (AvgIpc) is 3.37. The van der Waals surface area contributed by atoms with Crippen molar-refractivity contribution in [2.24, 2.45) is 0 Å². The Morgan fingerprint density at radius 2 is 1.74 bits per heavy atom. The van der Waals surface area contributed by atoms with E-state index in [0.29, 0.717) is 17.2 Å². The monoisotopic (exact) mass is 583 g/mol. The lowest BCUT2D eigenvalue weighted by molar-refractivity contribution is 0.200. The molecule has 0 atom stereocenters. The summed E-state index contributed by atoms with van der Waals surface area (Å²) in [6.45, 7) is 5.75. The fourth-order valence-corrected chi connectivity index (χ4v) is 6.21. The van der Waals surface area contributed by atoms with Crippen LogP contribution in [0.1, 0.15) is 18.4 Å². The summed E-state index contributed by atoms with van der Waals surface area (Å²) in [6.07, 6.45) is 10.0. The van der Waals surface area contributed by atoms with E-state index in [9.17, 15) is 12.8 Å². The highest BCUT2D eigenvalue weighted by Gasteiger charge is 2.23. The van der Waals surface area contributed by atoms with Gasteiger partial charge in [0.1, 0.15) is 17.3 Å². The zero-order valence-electron chi connectivity index (χ0n) is 22.8. The van der Waals surface area contributed by atoms with Crippen LogP contribution in [0.2, 0.25) is 0 Å². The molecule has 214 valence electrons. The minimum atomic E-state index is -3.42. The largest absolute Gasteiger partial charge is 0.383 e. The van der Waals surface area contributed by atoms with Gasteiger partial charge in [-0.1, -0.05) is 30.8 Å². The number of piperidine rings is 1.